The van der Waals surface area contributed by atoms with E-state index in [4.69, 9.17) is 0 Å². The van der Waals surface area contributed by atoms with Crippen molar-refractivity contribution in [1.82, 2.24) is 10.3 Å². The number of rotatable bonds is 2. The van der Waals surface area contributed by atoms with Crippen LogP contribution >= 0.6 is 11.3 Å². The normalized spacial score (nSPS) is 17.8. The van der Waals surface area contributed by atoms with E-state index in [1.54, 1.807) is 17.5 Å². The van der Waals surface area contributed by atoms with Gasteiger partial charge in [-0.1, -0.05) is 19.9 Å². The Morgan fingerprint density at radius 2 is 2.16 bits per heavy atom. The van der Waals surface area contributed by atoms with Crippen molar-refractivity contribution in [2.24, 2.45) is 0 Å². The van der Waals surface area contributed by atoms with Crippen LogP contribution in [0.5, 0.6) is 0 Å². The summed E-state index contributed by atoms with van der Waals surface area (Å²) in [4.78, 5) is 17.6. The average Bonchev–Trinajstić information content (AvgIpc) is 2.84. The van der Waals surface area contributed by atoms with Crippen LogP contribution in [0.15, 0.2) is 30.5 Å². The molecule has 0 bridgehead atoms. The Morgan fingerprint density at radius 1 is 1.32 bits per heavy atom. The summed E-state index contributed by atoms with van der Waals surface area (Å²) in [7, 11) is 0. The van der Waals surface area contributed by atoms with Crippen LogP contribution < -0.4 is 10.6 Å². The van der Waals surface area contributed by atoms with E-state index in [-0.39, 0.29) is 12.1 Å². The quantitative estimate of drug-likeness (QED) is 0.884. The number of nitrogens with one attached hydrogen (secondary N) is 2. The first-order chi connectivity index (χ1) is 9.15. The van der Waals surface area contributed by atoms with Gasteiger partial charge in [-0.25, -0.2) is 0 Å². The lowest BCUT2D eigenvalue weighted by molar-refractivity contribution is 0.0935. The molecule has 0 fully saturated rings. The summed E-state index contributed by atoms with van der Waals surface area (Å²) in [6.45, 7) is 4.26. The average molecular weight is 273 g/mol. The molecule has 98 valence electrons. The van der Waals surface area contributed by atoms with Crippen molar-refractivity contribution in [3.63, 3.8) is 0 Å². The molecule has 0 aliphatic carbocycles. The molecule has 0 spiro atoms. The molecule has 2 aromatic heterocycles. The highest BCUT2D eigenvalue weighted by molar-refractivity contribution is 7.16. The van der Waals surface area contributed by atoms with Gasteiger partial charge in [-0.05, 0) is 24.1 Å². The van der Waals surface area contributed by atoms with E-state index in [9.17, 15) is 4.79 Å². The van der Waals surface area contributed by atoms with Crippen molar-refractivity contribution in [3.05, 3.63) is 46.6 Å². The molecule has 19 heavy (non-hydrogen) atoms. The number of pyridine rings is 1. The molecule has 2 aromatic rings. The smallest absolute Gasteiger partial charge is 0.256 e. The van der Waals surface area contributed by atoms with Crippen molar-refractivity contribution in [1.29, 1.82) is 0 Å². The lowest BCUT2D eigenvalue weighted by atomic mass is 10.1. The summed E-state index contributed by atoms with van der Waals surface area (Å²) in [5.41, 5.74) is 1.56. The molecule has 3 rings (SSSR count). The number of anilines is 1. The molecule has 0 saturated heterocycles. The lowest BCUT2D eigenvalue weighted by Gasteiger charge is -2.24. The molecule has 1 unspecified atom stereocenters. The predicted molar refractivity (Wildman–Crippen MR) is 76.5 cm³/mol. The zero-order valence-corrected chi connectivity index (χ0v) is 11.6. The summed E-state index contributed by atoms with van der Waals surface area (Å²) in [5, 5.41) is 7.21. The highest BCUT2D eigenvalue weighted by Crippen LogP contribution is 2.36. The van der Waals surface area contributed by atoms with Gasteiger partial charge in [0.25, 0.3) is 5.91 Å². The number of carbonyl (C=O) groups excluding carboxylic acids is 1. The second-order valence-electron chi connectivity index (χ2n) is 4.85. The molecule has 4 nitrogen and oxygen atoms in total. The molecular weight excluding hydrogens is 258 g/mol. The standard InChI is InChI=1S/C14H15N3OS/c1-8(2)11-7-9-13(18)16-12(17-14(9)19-11)10-5-3-4-6-15-10/h3-8,12,17H,1-2H3,(H,16,18). The van der Waals surface area contributed by atoms with Gasteiger partial charge in [-0.3, -0.25) is 9.78 Å². The maximum absolute atomic E-state index is 12.1. The predicted octanol–water partition coefficient (Wildman–Crippen LogP) is 3.12. The van der Waals surface area contributed by atoms with Gasteiger partial charge in [0, 0.05) is 11.1 Å². The van der Waals surface area contributed by atoms with Crippen molar-refractivity contribution in [2.75, 3.05) is 5.32 Å². The summed E-state index contributed by atoms with van der Waals surface area (Å²) in [6.07, 6.45) is 1.48. The molecule has 0 aromatic carbocycles. The Balaban J connectivity index is 1.94. The third kappa shape index (κ3) is 2.21. The first kappa shape index (κ1) is 12.2. The number of hydrogen-bond acceptors (Lipinski definition) is 4. The van der Waals surface area contributed by atoms with Gasteiger partial charge < -0.3 is 10.6 Å². The van der Waals surface area contributed by atoms with Crippen LogP contribution in [-0.4, -0.2) is 10.9 Å². The molecule has 1 aliphatic heterocycles. The minimum absolute atomic E-state index is 0.0347. The fraction of sp³-hybridized carbons (Fsp3) is 0.286. The first-order valence-corrected chi connectivity index (χ1v) is 7.09. The van der Waals surface area contributed by atoms with Gasteiger partial charge in [0.05, 0.1) is 11.3 Å². The van der Waals surface area contributed by atoms with E-state index in [1.807, 2.05) is 24.3 Å². The number of aromatic nitrogens is 1. The van der Waals surface area contributed by atoms with Crippen LogP contribution in [0.4, 0.5) is 5.00 Å². The molecule has 0 radical (unpaired) electrons. The van der Waals surface area contributed by atoms with Crippen molar-refractivity contribution >= 4 is 22.2 Å². The van der Waals surface area contributed by atoms with Crippen LogP contribution in [-0.2, 0) is 0 Å². The van der Waals surface area contributed by atoms with Crippen molar-refractivity contribution in [2.45, 2.75) is 25.9 Å². The van der Waals surface area contributed by atoms with E-state index >= 15 is 0 Å². The van der Waals surface area contributed by atoms with Gasteiger partial charge in [-0.15, -0.1) is 11.3 Å². The number of carbonyl (C=O) groups is 1. The second-order valence-corrected chi connectivity index (χ2v) is 5.94. The molecule has 2 N–H and O–H groups in total. The number of thiophene rings is 1. The first-order valence-electron chi connectivity index (χ1n) is 6.27. The summed E-state index contributed by atoms with van der Waals surface area (Å²) < 4.78 is 0. The van der Waals surface area contributed by atoms with E-state index in [2.05, 4.69) is 29.5 Å². The maximum atomic E-state index is 12.1. The van der Waals surface area contributed by atoms with Crippen LogP contribution in [0.25, 0.3) is 0 Å². The lowest BCUT2D eigenvalue weighted by Crippen LogP contribution is -2.38. The van der Waals surface area contributed by atoms with Crippen LogP contribution in [0.1, 0.15) is 46.9 Å². The molecular formula is C14H15N3OS. The number of nitrogens with zero attached hydrogens (tertiary/aromatic N) is 1. The Morgan fingerprint density at radius 3 is 2.84 bits per heavy atom. The highest BCUT2D eigenvalue weighted by Gasteiger charge is 2.27. The maximum Gasteiger partial charge on any atom is 0.256 e. The fourth-order valence-corrected chi connectivity index (χ4v) is 3.13. The Hall–Kier alpha value is -1.88. The van der Waals surface area contributed by atoms with Gasteiger partial charge in [0.15, 0.2) is 0 Å². The van der Waals surface area contributed by atoms with Gasteiger partial charge >= 0.3 is 0 Å². The van der Waals surface area contributed by atoms with Crippen LogP contribution in [0, 0.1) is 0 Å². The third-order valence-corrected chi connectivity index (χ3v) is 4.47. The molecule has 1 aliphatic rings. The van der Waals surface area contributed by atoms with E-state index in [0.29, 0.717) is 5.92 Å². The minimum atomic E-state index is -0.250. The van der Waals surface area contributed by atoms with E-state index in [0.717, 1.165) is 16.3 Å². The van der Waals surface area contributed by atoms with Crippen molar-refractivity contribution in [3.8, 4) is 0 Å². The number of fused-ring (bicyclic) bond motifs is 1. The summed E-state index contributed by atoms with van der Waals surface area (Å²) in [5.74, 6) is 0.394. The molecule has 3 heterocycles. The molecule has 1 atom stereocenters. The van der Waals surface area contributed by atoms with Crippen LogP contribution in [0.2, 0.25) is 0 Å². The Labute approximate surface area is 115 Å². The zero-order chi connectivity index (χ0) is 13.4. The van der Waals surface area contributed by atoms with Gasteiger partial charge in [-0.2, -0.15) is 0 Å². The zero-order valence-electron chi connectivity index (χ0n) is 10.8. The van der Waals surface area contributed by atoms with Gasteiger partial charge in [0.1, 0.15) is 11.2 Å². The summed E-state index contributed by atoms with van der Waals surface area (Å²) in [6, 6.07) is 7.66. The minimum Gasteiger partial charge on any atom is -0.351 e. The van der Waals surface area contributed by atoms with Gasteiger partial charge in [0.2, 0.25) is 0 Å². The SMILES string of the molecule is CC(C)c1cc2c(s1)NC(c1ccccn1)NC2=O. The van der Waals surface area contributed by atoms with Crippen molar-refractivity contribution < 1.29 is 4.79 Å². The van der Waals surface area contributed by atoms with E-state index < -0.39 is 0 Å². The third-order valence-electron chi connectivity index (χ3n) is 3.10. The molecule has 1 amide bonds. The monoisotopic (exact) mass is 273 g/mol. The number of hydrogen-bond donors (Lipinski definition) is 2. The Kier molecular flexibility index (Phi) is 2.98. The Bertz CT molecular complexity index is 606. The van der Waals surface area contributed by atoms with E-state index in [1.165, 1.54) is 4.88 Å². The topological polar surface area (TPSA) is 54.0 Å². The molecule has 0 saturated carbocycles. The highest BCUT2D eigenvalue weighted by atomic mass is 32.1. The largest absolute Gasteiger partial charge is 0.351 e. The number of amides is 1. The second kappa shape index (κ2) is 4.66. The fourth-order valence-electron chi connectivity index (χ4n) is 2.04. The van der Waals surface area contributed by atoms with Crippen LogP contribution in [0.3, 0.4) is 0 Å². The summed E-state index contributed by atoms with van der Waals surface area (Å²) >= 11 is 1.65. The molecule has 5 heteroatoms.